The van der Waals surface area contributed by atoms with E-state index in [2.05, 4.69) is 5.32 Å². The van der Waals surface area contributed by atoms with Gasteiger partial charge in [0, 0.05) is 13.1 Å². The molecular formula is C14H20N2O3S. The van der Waals surface area contributed by atoms with E-state index >= 15 is 0 Å². The van der Waals surface area contributed by atoms with Crippen LogP contribution in [-0.2, 0) is 14.8 Å². The van der Waals surface area contributed by atoms with Gasteiger partial charge in [0.15, 0.2) is 0 Å². The van der Waals surface area contributed by atoms with Gasteiger partial charge in [0.2, 0.25) is 15.9 Å². The normalized spacial score (nSPS) is 20.6. The third kappa shape index (κ3) is 3.02. The van der Waals surface area contributed by atoms with Crippen LogP contribution in [-0.4, -0.2) is 37.8 Å². The second-order valence-electron chi connectivity index (χ2n) is 4.83. The summed E-state index contributed by atoms with van der Waals surface area (Å²) < 4.78 is 26.6. The highest BCUT2D eigenvalue weighted by molar-refractivity contribution is 7.89. The lowest BCUT2D eigenvalue weighted by molar-refractivity contribution is -0.125. The first-order valence-corrected chi connectivity index (χ1v) is 8.36. The molecule has 1 aromatic rings. The maximum atomic E-state index is 12.7. The maximum Gasteiger partial charge on any atom is 0.243 e. The molecule has 6 heteroatoms. The minimum Gasteiger partial charge on any atom is -0.355 e. The molecule has 1 aliphatic rings. The van der Waals surface area contributed by atoms with Crippen LogP contribution < -0.4 is 5.32 Å². The molecular weight excluding hydrogens is 276 g/mol. The Morgan fingerprint density at radius 3 is 2.65 bits per heavy atom. The summed E-state index contributed by atoms with van der Waals surface area (Å²) in [6, 6.07) is 7.71. The fourth-order valence-electron chi connectivity index (χ4n) is 2.47. The van der Waals surface area contributed by atoms with E-state index in [1.165, 1.54) is 4.31 Å². The number of carbonyl (C=O) groups is 1. The molecule has 1 aromatic carbocycles. The Balaban J connectivity index is 2.30. The van der Waals surface area contributed by atoms with Crippen molar-refractivity contribution in [3.8, 4) is 0 Å². The van der Waals surface area contributed by atoms with Gasteiger partial charge in [-0.15, -0.1) is 0 Å². The molecule has 0 radical (unpaired) electrons. The number of hydrogen-bond donors (Lipinski definition) is 1. The quantitative estimate of drug-likeness (QED) is 0.912. The van der Waals surface area contributed by atoms with Crippen LogP contribution in [0.4, 0.5) is 0 Å². The van der Waals surface area contributed by atoms with Crippen molar-refractivity contribution in [2.45, 2.75) is 37.1 Å². The van der Waals surface area contributed by atoms with Gasteiger partial charge in [-0.1, -0.05) is 24.6 Å². The predicted molar refractivity (Wildman–Crippen MR) is 76.7 cm³/mol. The van der Waals surface area contributed by atoms with Crippen molar-refractivity contribution in [2.75, 3.05) is 13.1 Å². The Morgan fingerprint density at radius 2 is 2.00 bits per heavy atom. The lowest BCUT2D eigenvalue weighted by atomic mass is 10.0. The molecule has 1 fully saturated rings. The summed E-state index contributed by atoms with van der Waals surface area (Å²) in [4.78, 5) is 12.3. The van der Waals surface area contributed by atoms with Crippen LogP contribution in [0.15, 0.2) is 35.2 Å². The van der Waals surface area contributed by atoms with Gasteiger partial charge in [-0.05, 0) is 31.9 Å². The highest BCUT2D eigenvalue weighted by Gasteiger charge is 2.37. The first-order valence-electron chi connectivity index (χ1n) is 6.92. The molecule has 2 rings (SSSR count). The third-order valence-electron chi connectivity index (χ3n) is 3.46. The van der Waals surface area contributed by atoms with Crippen molar-refractivity contribution in [1.82, 2.24) is 9.62 Å². The third-order valence-corrected chi connectivity index (χ3v) is 5.38. The van der Waals surface area contributed by atoms with Crippen LogP contribution >= 0.6 is 0 Å². The van der Waals surface area contributed by atoms with Gasteiger partial charge in [0.25, 0.3) is 0 Å². The van der Waals surface area contributed by atoms with Crippen LogP contribution in [0.3, 0.4) is 0 Å². The smallest absolute Gasteiger partial charge is 0.243 e. The van der Waals surface area contributed by atoms with E-state index in [9.17, 15) is 13.2 Å². The number of amides is 1. The van der Waals surface area contributed by atoms with Crippen LogP contribution in [0, 0.1) is 0 Å². The molecule has 1 amide bonds. The Kier molecular flexibility index (Phi) is 4.77. The number of nitrogens with zero attached hydrogens (tertiary/aromatic N) is 1. The van der Waals surface area contributed by atoms with E-state index in [-0.39, 0.29) is 10.8 Å². The summed E-state index contributed by atoms with van der Waals surface area (Å²) in [5.74, 6) is -0.202. The molecule has 1 atom stereocenters. The highest BCUT2D eigenvalue weighted by atomic mass is 32.2. The lowest BCUT2D eigenvalue weighted by Crippen LogP contribution is -2.51. The first-order chi connectivity index (χ1) is 9.57. The van der Waals surface area contributed by atoms with Crippen LogP contribution in [0.2, 0.25) is 0 Å². The summed E-state index contributed by atoms with van der Waals surface area (Å²) in [6.45, 7) is 2.74. The molecule has 1 N–H and O–H groups in total. The minimum atomic E-state index is -3.60. The number of hydrogen-bond acceptors (Lipinski definition) is 3. The second kappa shape index (κ2) is 6.37. The number of likely N-dealkylation sites (N-methyl/N-ethyl adjacent to an activating group) is 1. The van der Waals surface area contributed by atoms with Gasteiger partial charge in [-0.2, -0.15) is 4.31 Å². The molecule has 1 aliphatic heterocycles. The number of carbonyl (C=O) groups excluding carboxylic acids is 1. The molecule has 0 spiro atoms. The van der Waals surface area contributed by atoms with E-state index in [4.69, 9.17) is 0 Å². The molecule has 0 bridgehead atoms. The van der Waals surface area contributed by atoms with E-state index < -0.39 is 16.1 Å². The van der Waals surface area contributed by atoms with Crippen LogP contribution in [0.1, 0.15) is 26.2 Å². The van der Waals surface area contributed by atoms with Crippen molar-refractivity contribution >= 4 is 15.9 Å². The van der Waals surface area contributed by atoms with Crippen molar-refractivity contribution < 1.29 is 13.2 Å². The van der Waals surface area contributed by atoms with Crippen LogP contribution in [0.25, 0.3) is 0 Å². The zero-order valence-corrected chi connectivity index (χ0v) is 12.4. The summed E-state index contributed by atoms with van der Waals surface area (Å²) in [7, 11) is -3.60. The highest BCUT2D eigenvalue weighted by Crippen LogP contribution is 2.25. The molecule has 0 aliphatic carbocycles. The second-order valence-corrected chi connectivity index (χ2v) is 6.73. The van der Waals surface area contributed by atoms with E-state index in [0.717, 1.165) is 12.8 Å². The summed E-state index contributed by atoms with van der Waals surface area (Å²) in [5, 5.41) is 2.72. The maximum absolute atomic E-state index is 12.7. The average molecular weight is 296 g/mol. The summed E-state index contributed by atoms with van der Waals surface area (Å²) in [5.41, 5.74) is 0. The number of benzene rings is 1. The molecule has 5 nitrogen and oxygen atoms in total. The topological polar surface area (TPSA) is 66.5 Å². The lowest BCUT2D eigenvalue weighted by Gasteiger charge is -2.33. The summed E-state index contributed by atoms with van der Waals surface area (Å²) >= 11 is 0. The monoisotopic (exact) mass is 296 g/mol. The van der Waals surface area contributed by atoms with Gasteiger partial charge in [0.05, 0.1) is 4.90 Å². The Bertz CT molecular complexity index is 557. The Morgan fingerprint density at radius 1 is 1.30 bits per heavy atom. The van der Waals surface area contributed by atoms with E-state index in [1.807, 2.05) is 6.92 Å². The zero-order valence-electron chi connectivity index (χ0n) is 11.6. The van der Waals surface area contributed by atoms with Crippen molar-refractivity contribution in [3.63, 3.8) is 0 Å². The van der Waals surface area contributed by atoms with Gasteiger partial charge >= 0.3 is 0 Å². The van der Waals surface area contributed by atoms with Crippen molar-refractivity contribution in [2.24, 2.45) is 0 Å². The molecule has 1 unspecified atom stereocenters. The van der Waals surface area contributed by atoms with Crippen LogP contribution in [0.5, 0.6) is 0 Å². The van der Waals surface area contributed by atoms with Gasteiger partial charge in [-0.25, -0.2) is 8.42 Å². The Hall–Kier alpha value is -1.40. The Labute approximate surface area is 120 Å². The SMILES string of the molecule is CCNC(=O)C1CCCCN1S(=O)(=O)c1ccccc1. The van der Waals surface area contributed by atoms with Crippen molar-refractivity contribution in [1.29, 1.82) is 0 Å². The molecule has 20 heavy (non-hydrogen) atoms. The van der Waals surface area contributed by atoms with Gasteiger partial charge < -0.3 is 5.32 Å². The number of sulfonamides is 1. The largest absolute Gasteiger partial charge is 0.355 e. The first kappa shape index (κ1) is 15.0. The molecule has 1 heterocycles. The van der Waals surface area contributed by atoms with Gasteiger partial charge in [-0.3, -0.25) is 4.79 Å². The van der Waals surface area contributed by atoms with E-state index in [1.54, 1.807) is 30.3 Å². The zero-order chi connectivity index (χ0) is 14.6. The fraction of sp³-hybridized carbons (Fsp3) is 0.500. The summed E-state index contributed by atoms with van der Waals surface area (Å²) in [6.07, 6.45) is 2.25. The molecule has 0 saturated carbocycles. The molecule has 110 valence electrons. The number of rotatable bonds is 4. The number of nitrogens with one attached hydrogen (secondary N) is 1. The predicted octanol–water partition coefficient (Wildman–Crippen LogP) is 1.37. The average Bonchev–Trinajstić information content (AvgIpc) is 2.48. The standard InChI is InChI=1S/C14H20N2O3S/c1-2-15-14(17)13-10-6-7-11-16(13)20(18,19)12-8-4-3-5-9-12/h3-5,8-9,13H,2,6-7,10-11H2,1H3,(H,15,17). The molecule has 1 saturated heterocycles. The number of piperidine rings is 1. The molecule has 0 aromatic heterocycles. The van der Waals surface area contributed by atoms with E-state index in [0.29, 0.717) is 19.5 Å². The minimum absolute atomic E-state index is 0.202. The van der Waals surface area contributed by atoms with Crippen molar-refractivity contribution in [3.05, 3.63) is 30.3 Å². The van der Waals surface area contributed by atoms with Gasteiger partial charge in [0.1, 0.15) is 6.04 Å². The fourth-order valence-corrected chi connectivity index (χ4v) is 4.15.